The van der Waals surface area contributed by atoms with Crippen LogP contribution in [0.3, 0.4) is 0 Å². The summed E-state index contributed by atoms with van der Waals surface area (Å²) in [6.07, 6.45) is 3.95. The van der Waals surface area contributed by atoms with E-state index in [4.69, 9.17) is 9.47 Å². The molecule has 2 heterocycles. The molecule has 0 bridgehead atoms. The first-order chi connectivity index (χ1) is 10.7. The number of amides is 1. The van der Waals surface area contributed by atoms with E-state index in [9.17, 15) is 4.79 Å². The van der Waals surface area contributed by atoms with Gasteiger partial charge in [-0.15, -0.1) is 12.4 Å². The molecule has 0 fully saturated rings. The molecule has 0 saturated heterocycles. The lowest BCUT2D eigenvalue weighted by Crippen LogP contribution is -2.26. The van der Waals surface area contributed by atoms with Crippen LogP contribution in [-0.4, -0.2) is 30.6 Å². The number of aryl methyl sites for hydroxylation is 1. The average Bonchev–Trinajstić information content (AvgIpc) is 2.56. The van der Waals surface area contributed by atoms with E-state index in [-0.39, 0.29) is 18.3 Å². The minimum Gasteiger partial charge on any atom is -0.486 e. The van der Waals surface area contributed by atoms with Gasteiger partial charge in [-0.3, -0.25) is 9.78 Å². The zero-order valence-electron chi connectivity index (χ0n) is 12.9. The van der Waals surface area contributed by atoms with Crippen molar-refractivity contribution < 1.29 is 14.3 Å². The van der Waals surface area contributed by atoms with Crippen molar-refractivity contribution in [2.24, 2.45) is 0 Å². The Kier molecular flexibility index (Phi) is 5.82. The number of carbonyl (C=O) groups is 1. The fourth-order valence-electron chi connectivity index (χ4n) is 2.41. The molecule has 5 nitrogen and oxygen atoms in total. The van der Waals surface area contributed by atoms with Gasteiger partial charge in [-0.25, -0.2) is 0 Å². The van der Waals surface area contributed by atoms with Gasteiger partial charge in [0.1, 0.15) is 13.2 Å². The molecule has 6 heteroatoms. The van der Waals surface area contributed by atoms with Gasteiger partial charge in [-0.2, -0.15) is 0 Å². The highest BCUT2D eigenvalue weighted by molar-refractivity contribution is 5.93. The second-order valence-electron chi connectivity index (χ2n) is 5.17. The van der Waals surface area contributed by atoms with E-state index in [0.29, 0.717) is 25.3 Å². The number of nitrogens with zero attached hydrogens (tertiary/aromatic N) is 1. The lowest BCUT2D eigenvalue weighted by molar-refractivity contribution is 0.0953. The first kappa shape index (κ1) is 17.1. The molecule has 0 spiro atoms. The van der Waals surface area contributed by atoms with E-state index in [0.717, 1.165) is 29.0 Å². The van der Waals surface area contributed by atoms with Crippen LogP contribution in [0.1, 0.15) is 21.5 Å². The summed E-state index contributed by atoms with van der Waals surface area (Å²) >= 11 is 0. The highest BCUT2D eigenvalue weighted by Gasteiger charge is 2.14. The molecule has 1 aliphatic rings. The third-order valence-corrected chi connectivity index (χ3v) is 3.60. The highest BCUT2D eigenvalue weighted by atomic mass is 35.5. The van der Waals surface area contributed by atoms with Gasteiger partial charge in [0.05, 0.1) is 5.56 Å². The quantitative estimate of drug-likeness (QED) is 0.933. The standard InChI is InChI=1S/C17H18N2O3.ClH/c1-12-9-15-16(22-8-7-21-15)10-13(12)4-6-19-17(20)14-3-2-5-18-11-14;/h2-3,5,9-11H,4,6-8H2,1H3,(H,19,20);1H. The lowest BCUT2D eigenvalue weighted by Gasteiger charge is -2.20. The first-order valence-electron chi connectivity index (χ1n) is 7.31. The van der Waals surface area contributed by atoms with Crippen LogP contribution in [0, 0.1) is 6.92 Å². The minimum atomic E-state index is -0.108. The maximum absolute atomic E-state index is 12.0. The maximum atomic E-state index is 12.0. The van der Waals surface area contributed by atoms with E-state index in [2.05, 4.69) is 10.3 Å². The van der Waals surface area contributed by atoms with Gasteiger partial charge in [0.2, 0.25) is 0 Å². The summed E-state index contributed by atoms with van der Waals surface area (Å²) < 4.78 is 11.2. The Morgan fingerprint density at radius 3 is 2.70 bits per heavy atom. The molecule has 3 rings (SSSR count). The van der Waals surface area contributed by atoms with Crippen LogP contribution < -0.4 is 14.8 Å². The number of nitrogens with one attached hydrogen (secondary N) is 1. The van der Waals surface area contributed by atoms with E-state index in [1.54, 1.807) is 24.5 Å². The molecule has 1 aliphatic heterocycles. The number of pyridine rings is 1. The molecule has 122 valence electrons. The third kappa shape index (κ3) is 4.13. The summed E-state index contributed by atoms with van der Waals surface area (Å²) in [4.78, 5) is 15.9. The van der Waals surface area contributed by atoms with Crippen molar-refractivity contribution in [1.29, 1.82) is 0 Å². The van der Waals surface area contributed by atoms with Crippen molar-refractivity contribution in [3.63, 3.8) is 0 Å². The molecule has 1 N–H and O–H groups in total. The Balaban J connectivity index is 0.00000192. The van der Waals surface area contributed by atoms with E-state index in [1.165, 1.54) is 0 Å². The SMILES string of the molecule is Cc1cc2c(cc1CCNC(=O)c1cccnc1)OCCO2.Cl. The number of carbonyl (C=O) groups excluding carboxylic acids is 1. The normalized spacial score (nSPS) is 12.2. The minimum absolute atomic E-state index is 0. The molecule has 1 amide bonds. The number of ether oxygens (including phenoxy) is 2. The largest absolute Gasteiger partial charge is 0.486 e. The number of hydrogen-bond acceptors (Lipinski definition) is 4. The second kappa shape index (κ2) is 7.83. The number of rotatable bonds is 4. The molecule has 1 aromatic heterocycles. The zero-order valence-corrected chi connectivity index (χ0v) is 13.7. The molecule has 0 aliphatic carbocycles. The Morgan fingerprint density at radius 2 is 2.00 bits per heavy atom. The summed E-state index contributed by atoms with van der Waals surface area (Å²) in [7, 11) is 0. The topological polar surface area (TPSA) is 60.5 Å². The van der Waals surface area contributed by atoms with E-state index >= 15 is 0 Å². The van der Waals surface area contributed by atoms with Crippen LogP contribution in [0.5, 0.6) is 11.5 Å². The molecule has 0 saturated carbocycles. The molecular weight excluding hydrogens is 316 g/mol. The molecule has 0 radical (unpaired) electrons. The first-order valence-corrected chi connectivity index (χ1v) is 7.31. The lowest BCUT2D eigenvalue weighted by atomic mass is 10.0. The van der Waals surface area contributed by atoms with Crippen molar-refractivity contribution in [2.45, 2.75) is 13.3 Å². The predicted octanol–water partition coefficient (Wildman–Crippen LogP) is 2.56. The van der Waals surface area contributed by atoms with Gasteiger partial charge in [0.15, 0.2) is 11.5 Å². The molecule has 23 heavy (non-hydrogen) atoms. The monoisotopic (exact) mass is 334 g/mol. The third-order valence-electron chi connectivity index (χ3n) is 3.60. The van der Waals surface area contributed by atoms with Crippen molar-refractivity contribution in [3.05, 3.63) is 53.3 Å². The number of benzene rings is 1. The fourth-order valence-corrected chi connectivity index (χ4v) is 2.41. The van der Waals surface area contributed by atoms with Gasteiger partial charge in [0, 0.05) is 18.9 Å². The summed E-state index contributed by atoms with van der Waals surface area (Å²) in [6.45, 7) is 3.77. The summed E-state index contributed by atoms with van der Waals surface area (Å²) in [6, 6.07) is 7.49. The Morgan fingerprint density at radius 1 is 1.26 bits per heavy atom. The van der Waals surface area contributed by atoms with Crippen molar-refractivity contribution in [2.75, 3.05) is 19.8 Å². The van der Waals surface area contributed by atoms with Gasteiger partial charge in [-0.05, 0) is 48.7 Å². The highest BCUT2D eigenvalue weighted by Crippen LogP contribution is 2.33. The maximum Gasteiger partial charge on any atom is 0.252 e. The number of fused-ring (bicyclic) bond motifs is 1. The second-order valence-corrected chi connectivity index (χ2v) is 5.17. The van der Waals surface area contributed by atoms with Gasteiger partial charge in [0.25, 0.3) is 5.91 Å². The molecule has 2 aromatic rings. The smallest absolute Gasteiger partial charge is 0.252 e. The molecular formula is C17H19ClN2O3. The van der Waals surface area contributed by atoms with E-state index < -0.39 is 0 Å². The van der Waals surface area contributed by atoms with Crippen molar-refractivity contribution in [3.8, 4) is 11.5 Å². The van der Waals surface area contributed by atoms with Crippen LogP contribution >= 0.6 is 12.4 Å². The number of halogens is 1. The van der Waals surface area contributed by atoms with Crippen LogP contribution in [0.4, 0.5) is 0 Å². The number of hydrogen-bond donors (Lipinski definition) is 1. The Labute approximate surface area is 141 Å². The average molecular weight is 335 g/mol. The van der Waals surface area contributed by atoms with Gasteiger partial charge in [-0.1, -0.05) is 0 Å². The molecule has 0 atom stereocenters. The fraction of sp³-hybridized carbons (Fsp3) is 0.294. The Hall–Kier alpha value is -2.27. The number of aromatic nitrogens is 1. The summed E-state index contributed by atoms with van der Waals surface area (Å²) in [5.41, 5.74) is 2.86. The van der Waals surface area contributed by atoms with Gasteiger partial charge >= 0.3 is 0 Å². The van der Waals surface area contributed by atoms with E-state index in [1.807, 2.05) is 19.1 Å². The predicted molar refractivity (Wildman–Crippen MR) is 89.7 cm³/mol. The van der Waals surface area contributed by atoms with Crippen LogP contribution in [-0.2, 0) is 6.42 Å². The van der Waals surface area contributed by atoms with Crippen LogP contribution in [0.2, 0.25) is 0 Å². The Bertz CT molecular complexity index is 677. The summed E-state index contributed by atoms with van der Waals surface area (Å²) in [5, 5.41) is 2.90. The van der Waals surface area contributed by atoms with Crippen molar-refractivity contribution >= 4 is 18.3 Å². The summed E-state index contributed by atoms with van der Waals surface area (Å²) in [5.74, 6) is 1.47. The zero-order chi connectivity index (χ0) is 15.4. The van der Waals surface area contributed by atoms with Gasteiger partial charge < -0.3 is 14.8 Å². The van der Waals surface area contributed by atoms with Crippen molar-refractivity contribution in [1.82, 2.24) is 10.3 Å². The van der Waals surface area contributed by atoms with Crippen LogP contribution in [0.25, 0.3) is 0 Å². The van der Waals surface area contributed by atoms with Crippen LogP contribution in [0.15, 0.2) is 36.7 Å². The molecule has 1 aromatic carbocycles. The molecule has 0 unspecified atom stereocenters.